The van der Waals surface area contributed by atoms with Crippen molar-refractivity contribution in [2.24, 2.45) is 11.3 Å². The number of rotatable bonds is 4. The topological polar surface area (TPSA) is 85.3 Å². The molecular formula is C11H15N5OS. The second kappa shape index (κ2) is 4.95. The van der Waals surface area contributed by atoms with E-state index in [4.69, 9.17) is 5.84 Å². The van der Waals surface area contributed by atoms with Crippen LogP contribution in [0.5, 0.6) is 0 Å². The predicted molar refractivity (Wildman–Crippen MR) is 69.8 cm³/mol. The Kier molecular flexibility index (Phi) is 3.53. The number of nitrogens with two attached hydrogens (primary N) is 1. The van der Waals surface area contributed by atoms with Crippen LogP contribution in [0.3, 0.4) is 0 Å². The van der Waals surface area contributed by atoms with Gasteiger partial charge in [-0.15, -0.1) is 10.2 Å². The number of aromatic nitrogens is 3. The number of pyridine rings is 1. The first-order chi connectivity index (χ1) is 8.54. The number of fused-ring (bicyclic) bond motifs is 1. The third-order valence-corrected chi connectivity index (χ3v) is 3.99. The van der Waals surface area contributed by atoms with Crippen molar-refractivity contribution in [2.75, 3.05) is 5.75 Å². The molecule has 7 heteroatoms. The Balaban J connectivity index is 2.13. The summed E-state index contributed by atoms with van der Waals surface area (Å²) < 4.78 is 1.89. The smallest absolute Gasteiger partial charge is 0.240 e. The number of hydrazine groups is 1. The molecule has 0 spiro atoms. The highest BCUT2D eigenvalue weighted by atomic mass is 32.2. The average molecular weight is 265 g/mol. The van der Waals surface area contributed by atoms with Gasteiger partial charge < -0.3 is 0 Å². The maximum absolute atomic E-state index is 11.6. The molecule has 96 valence electrons. The third-order valence-electron chi connectivity index (χ3n) is 2.59. The Morgan fingerprint density at radius 3 is 3.00 bits per heavy atom. The summed E-state index contributed by atoms with van der Waals surface area (Å²) in [6, 6.07) is 5.71. The Labute approximate surface area is 109 Å². The molecule has 0 aromatic carbocycles. The minimum Gasteiger partial charge on any atom is -0.294 e. The molecule has 2 aromatic rings. The second-order valence-corrected chi connectivity index (χ2v) is 5.50. The van der Waals surface area contributed by atoms with E-state index in [0.717, 1.165) is 10.8 Å². The minimum atomic E-state index is -0.556. The zero-order chi connectivity index (χ0) is 13.2. The molecule has 6 nitrogen and oxygen atoms in total. The van der Waals surface area contributed by atoms with Crippen LogP contribution in [0.4, 0.5) is 0 Å². The SMILES string of the molecule is CC(C)(CSc1nnc2ccccn12)C(=O)NN. The molecule has 0 aliphatic carbocycles. The monoisotopic (exact) mass is 265 g/mol. The molecule has 2 heterocycles. The van der Waals surface area contributed by atoms with Gasteiger partial charge in [0.1, 0.15) is 0 Å². The highest BCUT2D eigenvalue weighted by molar-refractivity contribution is 7.99. The Morgan fingerprint density at radius 1 is 1.50 bits per heavy atom. The van der Waals surface area contributed by atoms with Gasteiger partial charge in [0.25, 0.3) is 0 Å². The van der Waals surface area contributed by atoms with E-state index in [1.165, 1.54) is 11.8 Å². The number of hydrogen-bond donors (Lipinski definition) is 2. The summed E-state index contributed by atoms with van der Waals surface area (Å²) in [6.45, 7) is 3.68. The maximum Gasteiger partial charge on any atom is 0.240 e. The third kappa shape index (κ3) is 2.46. The van der Waals surface area contributed by atoms with Crippen molar-refractivity contribution in [3.05, 3.63) is 24.4 Å². The summed E-state index contributed by atoms with van der Waals surface area (Å²) in [7, 11) is 0. The molecule has 0 atom stereocenters. The molecule has 2 rings (SSSR count). The maximum atomic E-state index is 11.6. The highest BCUT2D eigenvalue weighted by Crippen LogP contribution is 2.26. The molecule has 0 aliphatic heterocycles. The van der Waals surface area contributed by atoms with E-state index in [1.807, 2.05) is 42.6 Å². The molecule has 0 aliphatic rings. The van der Waals surface area contributed by atoms with Gasteiger partial charge in [-0.25, -0.2) is 5.84 Å². The van der Waals surface area contributed by atoms with Crippen molar-refractivity contribution < 1.29 is 4.79 Å². The van der Waals surface area contributed by atoms with Crippen molar-refractivity contribution in [1.29, 1.82) is 0 Å². The van der Waals surface area contributed by atoms with Gasteiger partial charge in [0.15, 0.2) is 10.8 Å². The summed E-state index contributed by atoms with van der Waals surface area (Å²) in [5.74, 6) is 5.54. The van der Waals surface area contributed by atoms with Gasteiger partial charge >= 0.3 is 0 Å². The number of nitrogens with zero attached hydrogens (tertiary/aromatic N) is 3. The fourth-order valence-corrected chi connectivity index (χ4v) is 2.44. The zero-order valence-corrected chi connectivity index (χ0v) is 11.1. The fraction of sp³-hybridized carbons (Fsp3) is 0.364. The van der Waals surface area contributed by atoms with Gasteiger partial charge in [-0.2, -0.15) is 0 Å². The quantitative estimate of drug-likeness (QED) is 0.370. The van der Waals surface area contributed by atoms with Crippen molar-refractivity contribution >= 4 is 23.3 Å². The van der Waals surface area contributed by atoms with Crippen LogP contribution in [0.2, 0.25) is 0 Å². The number of nitrogens with one attached hydrogen (secondary N) is 1. The Morgan fingerprint density at radius 2 is 2.28 bits per heavy atom. The van der Waals surface area contributed by atoms with Gasteiger partial charge in [-0.05, 0) is 12.1 Å². The standard InChI is InChI=1S/C11H15N5OS/c1-11(2,9(17)13-12)7-18-10-15-14-8-5-3-4-6-16(8)10/h3-6H,7,12H2,1-2H3,(H,13,17). The highest BCUT2D eigenvalue weighted by Gasteiger charge is 2.27. The van der Waals surface area contributed by atoms with Crippen LogP contribution in [-0.4, -0.2) is 26.3 Å². The Bertz CT molecular complexity index is 565. The molecular weight excluding hydrogens is 250 g/mol. The fourth-order valence-electron chi connectivity index (χ4n) is 1.42. The minimum absolute atomic E-state index is 0.191. The second-order valence-electron chi connectivity index (χ2n) is 4.56. The predicted octanol–water partition coefficient (Wildman–Crippen LogP) is 0.837. The van der Waals surface area contributed by atoms with Gasteiger partial charge in [0, 0.05) is 11.9 Å². The van der Waals surface area contributed by atoms with E-state index >= 15 is 0 Å². The largest absolute Gasteiger partial charge is 0.294 e. The summed E-state index contributed by atoms with van der Waals surface area (Å²) in [5.41, 5.74) is 2.41. The molecule has 0 fully saturated rings. The number of carbonyl (C=O) groups excluding carboxylic acids is 1. The van der Waals surface area contributed by atoms with Crippen LogP contribution in [0, 0.1) is 5.41 Å². The molecule has 0 saturated heterocycles. The molecule has 3 N–H and O–H groups in total. The van der Waals surface area contributed by atoms with E-state index in [-0.39, 0.29) is 5.91 Å². The van der Waals surface area contributed by atoms with Gasteiger partial charge in [-0.1, -0.05) is 31.7 Å². The molecule has 0 bridgehead atoms. The van der Waals surface area contributed by atoms with Crippen molar-refractivity contribution in [3.63, 3.8) is 0 Å². The molecule has 0 saturated carbocycles. The molecule has 0 unspecified atom stereocenters. The molecule has 1 amide bonds. The molecule has 18 heavy (non-hydrogen) atoms. The van der Waals surface area contributed by atoms with Gasteiger partial charge in [-0.3, -0.25) is 14.6 Å². The lowest BCUT2D eigenvalue weighted by Gasteiger charge is -2.20. The number of thioether (sulfide) groups is 1. The summed E-state index contributed by atoms with van der Waals surface area (Å²) in [4.78, 5) is 11.6. The number of hydrogen-bond acceptors (Lipinski definition) is 5. The van der Waals surface area contributed by atoms with Crippen LogP contribution in [0.15, 0.2) is 29.6 Å². The zero-order valence-electron chi connectivity index (χ0n) is 10.3. The normalized spacial score (nSPS) is 11.7. The number of carbonyl (C=O) groups is 1. The average Bonchev–Trinajstić information content (AvgIpc) is 2.78. The van der Waals surface area contributed by atoms with Crippen LogP contribution >= 0.6 is 11.8 Å². The first-order valence-corrected chi connectivity index (χ1v) is 6.47. The van der Waals surface area contributed by atoms with Gasteiger partial charge in [0.05, 0.1) is 5.41 Å². The van der Waals surface area contributed by atoms with Crippen LogP contribution in [-0.2, 0) is 4.79 Å². The van der Waals surface area contributed by atoms with Crippen LogP contribution < -0.4 is 11.3 Å². The first kappa shape index (κ1) is 12.8. The molecule has 0 radical (unpaired) electrons. The van der Waals surface area contributed by atoms with E-state index in [9.17, 15) is 4.79 Å². The van der Waals surface area contributed by atoms with Crippen molar-refractivity contribution in [2.45, 2.75) is 19.0 Å². The van der Waals surface area contributed by atoms with Gasteiger partial charge in [0.2, 0.25) is 5.91 Å². The van der Waals surface area contributed by atoms with E-state index in [0.29, 0.717) is 5.75 Å². The lowest BCUT2D eigenvalue weighted by molar-refractivity contribution is -0.128. The van der Waals surface area contributed by atoms with Crippen LogP contribution in [0.1, 0.15) is 13.8 Å². The molecule has 2 aromatic heterocycles. The summed E-state index contributed by atoms with van der Waals surface area (Å²) in [5, 5.41) is 8.91. The lowest BCUT2D eigenvalue weighted by Crippen LogP contribution is -2.42. The van der Waals surface area contributed by atoms with Crippen LogP contribution in [0.25, 0.3) is 5.65 Å². The summed E-state index contributed by atoms with van der Waals surface area (Å²) in [6.07, 6.45) is 1.90. The van der Waals surface area contributed by atoms with Crippen molar-refractivity contribution in [1.82, 2.24) is 20.0 Å². The van der Waals surface area contributed by atoms with E-state index in [2.05, 4.69) is 15.6 Å². The lowest BCUT2D eigenvalue weighted by atomic mass is 9.96. The van der Waals surface area contributed by atoms with E-state index < -0.39 is 5.41 Å². The first-order valence-electron chi connectivity index (χ1n) is 5.48. The van der Waals surface area contributed by atoms with Crippen molar-refractivity contribution in [3.8, 4) is 0 Å². The number of amides is 1. The van der Waals surface area contributed by atoms with E-state index in [1.54, 1.807) is 0 Å². The Hall–Kier alpha value is -1.60. The summed E-state index contributed by atoms with van der Waals surface area (Å²) >= 11 is 1.48.